The number of nitrogens with one attached hydrogen (secondary N) is 1. The van der Waals surface area contributed by atoms with Crippen LogP contribution in [0.3, 0.4) is 0 Å². The van der Waals surface area contributed by atoms with Crippen molar-refractivity contribution < 1.29 is 43.3 Å². The van der Waals surface area contributed by atoms with E-state index in [1.807, 2.05) is 30.3 Å². The first-order valence-electron chi connectivity index (χ1n) is 4.40. The van der Waals surface area contributed by atoms with Gasteiger partial charge in [0.2, 0.25) is 0 Å². The molecule has 4 heteroatoms. The number of para-hydroxylation sites is 1. The van der Waals surface area contributed by atoms with E-state index >= 15 is 0 Å². The average molecular weight is 293 g/mol. The fourth-order valence-corrected chi connectivity index (χ4v) is 1.07. The predicted octanol–water partition coefficient (Wildman–Crippen LogP) is 0.758. The third-order valence-electron chi connectivity index (χ3n) is 1.74. The molecule has 1 aromatic carbocycles. The van der Waals surface area contributed by atoms with Crippen molar-refractivity contribution in [2.75, 3.05) is 18.5 Å². The van der Waals surface area contributed by atoms with Crippen LogP contribution in [0.4, 0.5) is 5.69 Å². The van der Waals surface area contributed by atoms with E-state index in [1.54, 1.807) is 6.08 Å². The maximum absolute atomic E-state index is 8.51. The van der Waals surface area contributed by atoms with Gasteiger partial charge in [0, 0.05) is 39.3 Å². The molecule has 0 unspecified atom stereocenters. The number of benzene rings is 1. The summed E-state index contributed by atoms with van der Waals surface area (Å²) in [6, 6.07) is 7.49. The number of hydrogen-bond acceptors (Lipinski definition) is 2. The molecular formula is C12H14NO2Y-. The van der Waals surface area contributed by atoms with Crippen LogP contribution < -0.4 is 5.32 Å². The Labute approximate surface area is 121 Å². The quantitative estimate of drug-likeness (QED) is 0.489. The van der Waals surface area contributed by atoms with Crippen molar-refractivity contribution >= 4 is 5.69 Å². The number of hydrogen-bond donors (Lipinski definition) is 2. The summed E-state index contributed by atoms with van der Waals surface area (Å²) in [6.45, 7) is 0.694. The van der Waals surface area contributed by atoms with E-state index in [1.165, 1.54) is 0 Å². The van der Waals surface area contributed by atoms with Crippen LogP contribution >= 0.6 is 0 Å². The standard InChI is InChI=1S/C12H12NO.H2O.Y/c1-2-11-7-3-4-8-12(11)13-9-5-6-10-14;;/h3-8,13-14H,9-10H2;1H2;/q-1;;/b6-5-;;. The second-order valence-electron chi connectivity index (χ2n) is 2.71. The van der Waals surface area contributed by atoms with Crippen LogP contribution in [0.25, 0.3) is 0 Å². The van der Waals surface area contributed by atoms with Gasteiger partial charge in [-0.05, 0) is 5.69 Å². The first-order valence-corrected chi connectivity index (χ1v) is 4.40. The summed E-state index contributed by atoms with van der Waals surface area (Å²) in [4.78, 5) is 0. The molecule has 0 bridgehead atoms. The Hall–Kier alpha value is -0.656. The molecule has 0 aliphatic rings. The van der Waals surface area contributed by atoms with E-state index < -0.39 is 0 Å². The van der Waals surface area contributed by atoms with Gasteiger partial charge in [-0.15, -0.1) is 11.6 Å². The molecule has 4 N–H and O–H groups in total. The summed E-state index contributed by atoms with van der Waals surface area (Å²) in [5.41, 5.74) is 1.62. The molecular weight excluding hydrogens is 279 g/mol. The van der Waals surface area contributed by atoms with Crippen LogP contribution in [-0.2, 0) is 32.7 Å². The van der Waals surface area contributed by atoms with Gasteiger partial charge in [0.15, 0.2) is 0 Å². The Morgan fingerprint density at radius 3 is 2.62 bits per heavy atom. The number of rotatable bonds is 4. The third kappa shape index (κ3) is 6.04. The maximum Gasteiger partial charge on any atom is 0.0613 e. The Morgan fingerprint density at radius 2 is 2.00 bits per heavy atom. The van der Waals surface area contributed by atoms with Crippen molar-refractivity contribution in [1.82, 2.24) is 0 Å². The molecule has 0 aliphatic carbocycles. The molecule has 3 nitrogen and oxygen atoms in total. The fourth-order valence-electron chi connectivity index (χ4n) is 1.07. The van der Waals surface area contributed by atoms with Gasteiger partial charge in [-0.2, -0.15) is 0 Å². The van der Waals surface area contributed by atoms with Crippen LogP contribution in [0.1, 0.15) is 5.56 Å². The summed E-state index contributed by atoms with van der Waals surface area (Å²) in [7, 11) is 0. The summed E-state index contributed by atoms with van der Waals surface area (Å²) < 4.78 is 0. The topological polar surface area (TPSA) is 63.8 Å². The minimum absolute atomic E-state index is 0. The van der Waals surface area contributed by atoms with Crippen molar-refractivity contribution in [3.63, 3.8) is 0 Å². The predicted molar refractivity (Wildman–Crippen MR) is 61.0 cm³/mol. The second-order valence-corrected chi connectivity index (χ2v) is 2.71. The Balaban J connectivity index is 0. The van der Waals surface area contributed by atoms with Crippen molar-refractivity contribution in [2.24, 2.45) is 0 Å². The van der Waals surface area contributed by atoms with Gasteiger partial charge >= 0.3 is 0 Å². The number of aliphatic hydroxyl groups is 1. The summed E-state index contributed by atoms with van der Waals surface area (Å²) >= 11 is 0. The van der Waals surface area contributed by atoms with Crippen molar-refractivity contribution in [3.05, 3.63) is 48.4 Å². The van der Waals surface area contributed by atoms with E-state index in [2.05, 4.69) is 11.2 Å². The van der Waals surface area contributed by atoms with Gasteiger partial charge in [0.1, 0.15) is 0 Å². The maximum atomic E-state index is 8.51. The second kappa shape index (κ2) is 10.8. The van der Waals surface area contributed by atoms with Gasteiger partial charge < -0.3 is 22.3 Å². The van der Waals surface area contributed by atoms with Gasteiger partial charge in [0.05, 0.1) is 6.61 Å². The summed E-state index contributed by atoms with van der Waals surface area (Å²) in [5.74, 6) is 2.35. The van der Waals surface area contributed by atoms with E-state index in [-0.39, 0.29) is 44.8 Å². The fraction of sp³-hybridized carbons (Fsp3) is 0.167. The first kappa shape index (κ1) is 17.7. The molecule has 0 heterocycles. The molecule has 0 fully saturated rings. The monoisotopic (exact) mass is 293 g/mol. The zero-order chi connectivity index (χ0) is 10.2. The molecule has 0 saturated carbocycles. The van der Waals surface area contributed by atoms with Crippen LogP contribution in [0, 0.1) is 12.3 Å². The zero-order valence-electron chi connectivity index (χ0n) is 8.90. The molecule has 0 amide bonds. The largest absolute Gasteiger partial charge is 0.412 e. The summed E-state index contributed by atoms with van der Waals surface area (Å²) in [6.07, 6.45) is 10.6. The molecule has 1 radical (unpaired) electrons. The molecule has 0 aromatic heterocycles. The van der Waals surface area contributed by atoms with E-state index in [4.69, 9.17) is 11.5 Å². The SMILES string of the molecule is O.[C-]#Cc1ccccc1NC/C=C\CO.[Y]. The van der Waals surface area contributed by atoms with Crippen LogP contribution in [-0.4, -0.2) is 23.7 Å². The van der Waals surface area contributed by atoms with Crippen molar-refractivity contribution in [2.45, 2.75) is 0 Å². The number of anilines is 1. The average Bonchev–Trinajstić information content (AvgIpc) is 2.25. The van der Waals surface area contributed by atoms with Gasteiger partial charge in [-0.1, -0.05) is 30.4 Å². The van der Waals surface area contributed by atoms with E-state index in [0.29, 0.717) is 6.54 Å². The zero-order valence-corrected chi connectivity index (χ0v) is 11.7. The van der Waals surface area contributed by atoms with E-state index in [9.17, 15) is 0 Å². The molecule has 1 aromatic rings. The minimum Gasteiger partial charge on any atom is -0.412 e. The minimum atomic E-state index is 0. The summed E-state index contributed by atoms with van der Waals surface area (Å²) in [5, 5.41) is 11.6. The molecule has 83 valence electrons. The van der Waals surface area contributed by atoms with E-state index in [0.717, 1.165) is 11.3 Å². The molecule has 0 saturated heterocycles. The Bertz CT molecular complexity index is 358. The van der Waals surface area contributed by atoms with Crippen LogP contribution in [0.5, 0.6) is 0 Å². The molecule has 0 spiro atoms. The Kier molecular flexibility index (Phi) is 12.0. The van der Waals surface area contributed by atoms with Crippen molar-refractivity contribution in [3.8, 4) is 5.92 Å². The van der Waals surface area contributed by atoms with Crippen molar-refractivity contribution in [1.29, 1.82) is 0 Å². The molecule has 0 aliphatic heterocycles. The van der Waals surface area contributed by atoms with Gasteiger partial charge in [0.25, 0.3) is 0 Å². The molecule has 1 rings (SSSR count). The number of aliphatic hydroxyl groups excluding tert-OH is 1. The smallest absolute Gasteiger partial charge is 0.0613 e. The van der Waals surface area contributed by atoms with Crippen LogP contribution in [0.2, 0.25) is 0 Å². The van der Waals surface area contributed by atoms with Gasteiger partial charge in [-0.25, -0.2) is 0 Å². The van der Waals surface area contributed by atoms with Gasteiger partial charge in [-0.3, -0.25) is 5.92 Å². The molecule has 16 heavy (non-hydrogen) atoms. The first-order chi connectivity index (χ1) is 6.88. The Morgan fingerprint density at radius 1 is 1.31 bits per heavy atom. The normalized spacial score (nSPS) is 8.75. The van der Waals surface area contributed by atoms with Crippen LogP contribution in [0.15, 0.2) is 36.4 Å². The molecule has 0 atom stereocenters. The third-order valence-corrected chi connectivity index (χ3v) is 1.74.